The Balaban J connectivity index is 2.16. The van der Waals surface area contributed by atoms with Gasteiger partial charge in [0, 0.05) is 43.2 Å². The monoisotopic (exact) mass is 493 g/mol. The standard InChI is InChI=1S/C29H30F3N3O/c1-19-12-23-13-20(7-8-22(16-33)17-34-4)9-10-24(23)28(35(19)18-29(2,3)32)27-25(30)14-21(6-5-11-36)15-26(27)31/h5-6,9-11,13-17,19,28,33-34H,12,18H2,1-4H3/b6-5+,22-17-,33-16?/t19?,28-/m1/s1. The summed E-state index contributed by atoms with van der Waals surface area (Å²) in [4.78, 5) is 12.4. The smallest absolute Gasteiger partial charge is 0.142 e. The topological polar surface area (TPSA) is 56.2 Å². The van der Waals surface area contributed by atoms with Crippen LogP contribution in [-0.4, -0.2) is 42.7 Å². The summed E-state index contributed by atoms with van der Waals surface area (Å²) in [5, 5.41) is 10.3. The highest BCUT2D eigenvalue weighted by Gasteiger charge is 2.39. The zero-order valence-corrected chi connectivity index (χ0v) is 20.8. The Morgan fingerprint density at radius 3 is 2.53 bits per heavy atom. The molecule has 0 bridgehead atoms. The second-order valence-electron chi connectivity index (χ2n) is 9.44. The largest absolute Gasteiger partial charge is 0.393 e. The lowest BCUT2D eigenvalue weighted by molar-refractivity contribution is -0.104. The highest BCUT2D eigenvalue weighted by atomic mass is 19.1. The Hall–Kier alpha value is -3.63. The Kier molecular flexibility index (Phi) is 8.54. The van der Waals surface area contributed by atoms with Crippen LogP contribution >= 0.6 is 0 Å². The molecule has 0 saturated heterocycles. The van der Waals surface area contributed by atoms with Gasteiger partial charge in [0.1, 0.15) is 23.6 Å². The Morgan fingerprint density at radius 1 is 1.25 bits per heavy atom. The second-order valence-corrected chi connectivity index (χ2v) is 9.44. The van der Waals surface area contributed by atoms with Crippen molar-refractivity contribution in [3.8, 4) is 11.8 Å². The van der Waals surface area contributed by atoms with Gasteiger partial charge in [-0.25, -0.2) is 13.2 Å². The quantitative estimate of drug-likeness (QED) is 0.236. The number of aldehydes is 1. The summed E-state index contributed by atoms with van der Waals surface area (Å²) in [5.74, 6) is 4.43. The average Bonchev–Trinajstić information content (AvgIpc) is 2.80. The van der Waals surface area contributed by atoms with Gasteiger partial charge in [-0.1, -0.05) is 24.0 Å². The minimum absolute atomic E-state index is 0.0109. The van der Waals surface area contributed by atoms with E-state index in [0.717, 1.165) is 11.8 Å². The van der Waals surface area contributed by atoms with E-state index in [2.05, 4.69) is 17.2 Å². The van der Waals surface area contributed by atoms with Crippen molar-refractivity contribution in [2.45, 2.75) is 44.9 Å². The van der Waals surface area contributed by atoms with Crippen molar-refractivity contribution < 1.29 is 18.0 Å². The SMILES string of the molecule is CN/C=C(/C#Cc1ccc2c(c1)CC(C)N(CC(C)(C)F)[C@H]2c1c(F)cc(/C=C/C=O)cc1F)C=N. The molecule has 2 aromatic rings. The van der Waals surface area contributed by atoms with Crippen molar-refractivity contribution >= 4 is 18.6 Å². The molecule has 0 radical (unpaired) electrons. The Labute approximate surface area is 210 Å². The van der Waals surface area contributed by atoms with Gasteiger partial charge < -0.3 is 10.7 Å². The van der Waals surface area contributed by atoms with Crippen molar-refractivity contribution in [1.82, 2.24) is 10.2 Å². The van der Waals surface area contributed by atoms with E-state index >= 15 is 8.78 Å². The fraction of sp³-hybridized carbons (Fsp3) is 0.310. The van der Waals surface area contributed by atoms with Gasteiger partial charge in [-0.15, -0.1) is 0 Å². The zero-order chi connectivity index (χ0) is 26.5. The van der Waals surface area contributed by atoms with Gasteiger partial charge in [-0.3, -0.25) is 9.69 Å². The van der Waals surface area contributed by atoms with E-state index in [-0.39, 0.29) is 23.7 Å². The maximum Gasteiger partial charge on any atom is 0.142 e. The van der Waals surface area contributed by atoms with Gasteiger partial charge in [-0.2, -0.15) is 0 Å². The van der Waals surface area contributed by atoms with Crippen LogP contribution in [0.2, 0.25) is 0 Å². The first-order valence-electron chi connectivity index (χ1n) is 11.7. The number of nitrogens with one attached hydrogen (secondary N) is 2. The highest BCUT2D eigenvalue weighted by molar-refractivity contribution is 5.82. The second kappa shape index (κ2) is 11.4. The number of nitrogens with zero attached hydrogens (tertiary/aromatic N) is 1. The molecule has 1 heterocycles. The fourth-order valence-electron chi connectivity index (χ4n) is 4.52. The third kappa shape index (κ3) is 6.32. The summed E-state index contributed by atoms with van der Waals surface area (Å²) in [6, 6.07) is 6.78. The fourth-order valence-corrected chi connectivity index (χ4v) is 4.52. The molecule has 2 aromatic carbocycles. The molecule has 36 heavy (non-hydrogen) atoms. The number of carbonyl (C=O) groups is 1. The average molecular weight is 494 g/mol. The predicted octanol–water partition coefficient (Wildman–Crippen LogP) is 5.37. The van der Waals surface area contributed by atoms with Crippen molar-refractivity contribution in [1.29, 1.82) is 5.41 Å². The number of hydrogen-bond donors (Lipinski definition) is 2. The van der Waals surface area contributed by atoms with Crippen molar-refractivity contribution in [3.63, 3.8) is 0 Å². The number of hydrogen-bond acceptors (Lipinski definition) is 4. The molecule has 0 spiro atoms. The number of alkyl halides is 1. The van der Waals surface area contributed by atoms with Gasteiger partial charge in [0.05, 0.1) is 11.6 Å². The Bertz CT molecular complexity index is 1240. The maximum atomic E-state index is 15.4. The third-order valence-corrected chi connectivity index (χ3v) is 5.96. The molecule has 2 atom stereocenters. The van der Waals surface area contributed by atoms with E-state index in [1.54, 1.807) is 30.3 Å². The summed E-state index contributed by atoms with van der Waals surface area (Å²) in [7, 11) is 1.72. The van der Waals surface area contributed by atoms with Crippen LogP contribution in [0.3, 0.4) is 0 Å². The molecular weight excluding hydrogens is 463 g/mol. The number of rotatable bonds is 7. The van der Waals surface area contributed by atoms with Gasteiger partial charge in [-0.05, 0) is 74.2 Å². The van der Waals surface area contributed by atoms with E-state index in [1.807, 2.05) is 13.0 Å². The number of halogens is 3. The maximum absolute atomic E-state index is 15.4. The Morgan fingerprint density at radius 2 is 1.94 bits per heavy atom. The molecule has 188 valence electrons. The molecule has 0 amide bonds. The number of benzene rings is 2. The lowest BCUT2D eigenvalue weighted by Gasteiger charge is -2.44. The minimum Gasteiger partial charge on any atom is -0.393 e. The van der Waals surface area contributed by atoms with E-state index in [0.29, 0.717) is 29.4 Å². The van der Waals surface area contributed by atoms with Crippen LogP contribution in [0.5, 0.6) is 0 Å². The van der Waals surface area contributed by atoms with Crippen LogP contribution in [0.15, 0.2) is 48.2 Å². The summed E-state index contributed by atoms with van der Waals surface area (Å²) in [5.41, 5.74) is 1.27. The molecule has 4 nitrogen and oxygen atoms in total. The predicted molar refractivity (Wildman–Crippen MR) is 138 cm³/mol. The molecular formula is C29H30F3N3O. The summed E-state index contributed by atoms with van der Waals surface area (Å²) < 4.78 is 45.7. The number of allylic oxidation sites excluding steroid dienone is 2. The van der Waals surface area contributed by atoms with E-state index in [1.165, 1.54) is 38.1 Å². The van der Waals surface area contributed by atoms with Gasteiger partial charge in [0.2, 0.25) is 0 Å². The summed E-state index contributed by atoms with van der Waals surface area (Å²) >= 11 is 0. The first kappa shape index (κ1) is 27.0. The first-order valence-corrected chi connectivity index (χ1v) is 11.7. The van der Waals surface area contributed by atoms with Gasteiger partial charge in [0.15, 0.2) is 0 Å². The normalized spacial score (nSPS) is 18.4. The lowest BCUT2D eigenvalue weighted by atomic mass is 9.83. The van der Waals surface area contributed by atoms with Crippen molar-refractivity contribution in [3.05, 3.63) is 87.6 Å². The van der Waals surface area contributed by atoms with Crippen LogP contribution in [0.1, 0.15) is 54.6 Å². The van der Waals surface area contributed by atoms with Crippen LogP contribution in [-0.2, 0) is 11.2 Å². The molecule has 1 aliphatic heterocycles. The van der Waals surface area contributed by atoms with Gasteiger partial charge in [0.25, 0.3) is 0 Å². The number of carbonyl (C=O) groups excluding carboxylic acids is 1. The molecule has 0 aromatic heterocycles. The zero-order valence-electron chi connectivity index (χ0n) is 20.8. The van der Waals surface area contributed by atoms with E-state index in [9.17, 15) is 9.18 Å². The van der Waals surface area contributed by atoms with E-state index in [4.69, 9.17) is 5.41 Å². The third-order valence-electron chi connectivity index (χ3n) is 5.96. The van der Waals surface area contributed by atoms with E-state index < -0.39 is 23.3 Å². The molecule has 7 heteroatoms. The van der Waals surface area contributed by atoms with Crippen LogP contribution < -0.4 is 5.32 Å². The van der Waals surface area contributed by atoms with Gasteiger partial charge >= 0.3 is 0 Å². The first-order chi connectivity index (χ1) is 17.1. The molecule has 1 unspecified atom stereocenters. The van der Waals surface area contributed by atoms with Crippen LogP contribution in [0.25, 0.3) is 6.08 Å². The molecule has 1 aliphatic rings. The lowest BCUT2D eigenvalue weighted by Crippen LogP contribution is -2.48. The molecule has 2 N–H and O–H groups in total. The molecule has 0 fully saturated rings. The van der Waals surface area contributed by atoms with Crippen molar-refractivity contribution in [2.75, 3.05) is 13.6 Å². The molecule has 0 saturated carbocycles. The summed E-state index contributed by atoms with van der Waals surface area (Å²) in [6.45, 7) is 4.80. The van der Waals surface area contributed by atoms with Crippen LogP contribution in [0, 0.1) is 28.9 Å². The number of fused-ring (bicyclic) bond motifs is 1. The molecule has 0 aliphatic carbocycles. The highest BCUT2D eigenvalue weighted by Crippen LogP contribution is 2.41. The summed E-state index contributed by atoms with van der Waals surface area (Å²) in [6.07, 6.45) is 6.36. The minimum atomic E-state index is -1.59. The van der Waals surface area contributed by atoms with Crippen LogP contribution in [0.4, 0.5) is 13.2 Å². The van der Waals surface area contributed by atoms with Crippen molar-refractivity contribution in [2.24, 2.45) is 0 Å². The molecule has 3 rings (SSSR count).